The predicted molar refractivity (Wildman–Crippen MR) is 76.0 cm³/mol. The van der Waals surface area contributed by atoms with Crippen LogP contribution in [0.25, 0.3) is 0 Å². The number of nitrogens with one attached hydrogen (secondary N) is 2. The number of carbonyl (C=O) groups is 1. The maximum atomic E-state index is 11.7. The number of carbonyl (C=O) groups excluding carboxylic acids is 1. The third-order valence-corrected chi connectivity index (χ3v) is 2.75. The van der Waals surface area contributed by atoms with Crippen molar-refractivity contribution in [3.05, 3.63) is 52.2 Å². The summed E-state index contributed by atoms with van der Waals surface area (Å²) in [6.07, 6.45) is 3.20. The number of aromatic nitrogens is 1. The predicted octanol–water partition coefficient (Wildman–Crippen LogP) is 4.14. The van der Waals surface area contributed by atoms with Gasteiger partial charge in [-0.2, -0.15) is 0 Å². The SMILES string of the molecule is O=C(Nc1ccc(Cl)cc1)Nc1cncc(Br)c1. The molecule has 1 aromatic heterocycles. The van der Waals surface area contributed by atoms with E-state index < -0.39 is 0 Å². The van der Waals surface area contributed by atoms with E-state index in [0.717, 1.165) is 4.47 Å². The van der Waals surface area contributed by atoms with Gasteiger partial charge in [-0.1, -0.05) is 11.6 Å². The Kier molecular flexibility index (Phi) is 4.17. The highest BCUT2D eigenvalue weighted by molar-refractivity contribution is 9.10. The fourth-order valence-electron chi connectivity index (χ4n) is 1.31. The Hall–Kier alpha value is -1.59. The van der Waals surface area contributed by atoms with Gasteiger partial charge in [0.1, 0.15) is 0 Å². The molecule has 1 aromatic carbocycles. The van der Waals surface area contributed by atoms with Crippen LogP contribution in [0.1, 0.15) is 0 Å². The molecule has 1 heterocycles. The van der Waals surface area contributed by atoms with E-state index in [4.69, 9.17) is 11.6 Å². The fourth-order valence-corrected chi connectivity index (χ4v) is 1.80. The van der Waals surface area contributed by atoms with Gasteiger partial charge in [0.25, 0.3) is 0 Å². The van der Waals surface area contributed by atoms with E-state index >= 15 is 0 Å². The van der Waals surface area contributed by atoms with Crippen LogP contribution >= 0.6 is 27.5 Å². The number of rotatable bonds is 2. The molecule has 0 saturated carbocycles. The number of hydrogen-bond acceptors (Lipinski definition) is 2. The molecule has 0 spiro atoms. The highest BCUT2D eigenvalue weighted by Crippen LogP contribution is 2.15. The lowest BCUT2D eigenvalue weighted by atomic mass is 10.3. The van der Waals surface area contributed by atoms with Crippen LogP contribution in [-0.2, 0) is 0 Å². The van der Waals surface area contributed by atoms with Gasteiger partial charge in [-0.3, -0.25) is 4.98 Å². The molecule has 0 aliphatic carbocycles. The first kappa shape index (κ1) is 12.9. The number of hydrogen-bond donors (Lipinski definition) is 2. The minimum atomic E-state index is -0.336. The van der Waals surface area contributed by atoms with E-state index in [0.29, 0.717) is 16.4 Å². The van der Waals surface area contributed by atoms with Gasteiger partial charge in [-0.05, 0) is 46.3 Å². The van der Waals surface area contributed by atoms with Crippen molar-refractivity contribution >= 4 is 44.9 Å². The Balaban J connectivity index is 1.98. The monoisotopic (exact) mass is 325 g/mol. The Morgan fingerprint density at radius 2 is 1.78 bits per heavy atom. The lowest BCUT2D eigenvalue weighted by Gasteiger charge is -2.07. The molecule has 0 bridgehead atoms. The van der Waals surface area contributed by atoms with Crippen LogP contribution in [0.15, 0.2) is 47.2 Å². The number of urea groups is 1. The molecule has 0 saturated heterocycles. The molecule has 2 rings (SSSR count). The Labute approximate surface area is 118 Å². The molecule has 0 fully saturated rings. The zero-order valence-corrected chi connectivity index (χ0v) is 11.5. The maximum absolute atomic E-state index is 11.7. The third-order valence-electron chi connectivity index (χ3n) is 2.06. The fraction of sp³-hybridized carbons (Fsp3) is 0. The van der Waals surface area contributed by atoms with Gasteiger partial charge in [-0.25, -0.2) is 4.79 Å². The molecule has 4 nitrogen and oxygen atoms in total. The van der Waals surface area contributed by atoms with E-state index in [9.17, 15) is 4.79 Å². The molecule has 0 aliphatic heterocycles. The van der Waals surface area contributed by atoms with Crippen LogP contribution in [0.2, 0.25) is 5.02 Å². The summed E-state index contributed by atoms with van der Waals surface area (Å²) < 4.78 is 0.798. The standard InChI is InChI=1S/C12H9BrClN3O/c13-8-5-11(7-15-6-8)17-12(18)16-10-3-1-9(14)2-4-10/h1-7H,(H2,16,17,18). The van der Waals surface area contributed by atoms with Crippen LogP contribution in [0.3, 0.4) is 0 Å². The summed E-state index contributed by atoms with van der Waals surface area (Å²) in [5.74, 6) is 0. The molecule has 0 aliphatic rings. The lowest BCUT2D eigenvalue weighted by Crippen LogP contribution is -2.19. The van der Waals surface area contributed by atoms with Gasteiger partial charge in [-0.15, -0.1) is 0 Å². The second kappa shape index (κ2) is 5.84. The summed E-state index contributed by atoms with van der Waals surface area (Å²) in [6.45, 7) is 0. The van der Waals surface area contributed by atoms with Crippen molar-refractivity contribution in [2.45, 2.75) is 0 Å². The molecule has 2 aromatic rings. The van der Waals surface area contributed by atoms with Crippen LogP contribution in [0.4, 0.5) is 16.2 Å². The van der Waals surface area contributed by atoms with E-state index in [1.807, 2.05) is 0 Å². The molecule has 0 radical (unpaired) electrons. The highest BCUT2D eigenvalue weighted by Gasteiger charge is 2.03. The molecular weight excluding hydrogens is 318 g/mol. The summed E-state index contributed by atoms with van der Waals surface area (Å²) in [7, 11) is 0. The summed E-state index contributed by atoms with van der Waals surface area (Å²) in [5.41, 5.74) is 1.27. The second-order valence-corrected chi connectivity index (χ2v) is 4.83. The van der Waals surface area contributed by atoms with Crippen LogP contribution in [-0.4, -0.2) is 11.0 Å². The first-order valence-corrected chi connectivity index (χ1v) is 6.25. The van der Waals surface area contributed by atoms with Gasteiger partial charge >= 0.3 is 6.03 Å². The van der Waals surface area contributed by atoms with Gasteiger partial charge in [0.05, 0.1) is 11.9 Å². The van der Waals surface area contributed by atoms with Gasteiger partial charge in [0, 0.05) is 21.4 Å². The molecule has 92 valence electrons. The number of amides is 2. The minimum Gasteiger partial charge on any atom is -0.308 e. The smallest absolute Gasteiger partial charge is 0.308 e. The number of anilines is 2. The number of halogens is 2. The van der Waals surface area contributed by atoms with Crippen molar-refractivity contribution in [2.75, 3.05) is 10.6 Å². The van der Waals surface area contributed by atoms with E-state index in [1.54, 1.807) is 42.7 Å². The average Bonchev–Trinajstić information content (AvgIpc) is 2.32. The maximum Gasteiger partial charge on any atom is 0.323 e. The Morgan fingerprint density at radius 3 is 2.44 bits per heavy atom. The normalized spacial score (nSPS) is 9.89. The lowest BCUT2D eigenvalue weighted by molar-refractivity contribution is 0.262. The van der Waals surface area contributed by atoms with Crippen molar-refractivity contribution in [1.29, 1.82) is 0 Å². The van der Waals surface area contributed by atoms with E-state index in [2.05, 4.69) is 31.5 Å². The zero-order chi connectivity index (χ0) is 13.0. The molecule has 18 heavy (non-hydrogen) atoms. The molecule has 0 unspecified atom stereocenters. The molecule has 2 N–H and O–H groups in total. The number of pyridine rings is 1. The Morgan fingerprint density at radius 1 is 1.11 bits per heavy atom. The van der Waals surface area contributed by atoms with E-state index in [1.165, 1.54) is 0 Å². The summed E-state index contributed by atoms with van der Waals surface area (Å²) in [6, 6.07) is 8.28. The largest absolute Gasteiger partial charge is 0.323 e. The van der Waals surface area contributed by atoms with Gasteiger partial charge in [0.2, 0.25) is 0 Å². The quantitative estimate of drug-likeness (QED) is 0.871. The molecule has 2 amide bonds. The molecule has 6 heteroatoms. The van der Waals surface area contributed by atoms with Gasteiger partial charge < -0.3 is 10.6 Å². The van der Waals surface area contributed by atoms with Crippen molar-refractivity contribution in [3.8, 4) is 0 Å². The van der Waals surface area contributed by atoms with Gasteiger partial charge in [0.15, 0.2) is 0 Å². The Bertz CT molecular complexity index is 560. The summed E-state index contributed by atoms with van der Waals surface area (Å²) in [5, 5.41) is 5.98. The molecule has 0 atom stereocenters. The minimum absolute atomic E-state index is 0.336. The van der Waals surface area contributed by atoms with Crippen molar-refractivity contribution < 1.29 is 4.79 Å². The zero-order valence-electron chi connectivity index (χ0n) is 9.15. The summed E-state index contributed by atoms with van der Waals surface area (Å²) in [4.78, 5) is 15.6. The van der Waals surface area contributed by atoms with Crippen LogP contribution in [0, 0.1) is 0 Å². The van der Waals surface area contributed by atoms with Crippen molar-refractivity contribution in [1.82, 2.24) is 4.98 Å². The van der Waals surface area contributed by atoms with Crippen molar-refractivity contribution in [2.24, 2.45) is 0 Å². The van der Waals surface area contributed by atoms with Crippen LogP contribution < -0.4 is 10.6 Å². The topological polar surface area (TPSA) is 54.0 Å². The van der Waals surface area contributed by atoms with Crippen molar-refractivity contribution in [3.63, 3.8) is 0 Å². The second-order valence-electron chi connectivity index (χ2n) is 3.48. The number of nitrogens with zero attached hydrogens (tertiary/aromatic N) is 1. The first-order chi connectivity index (χ1) is 8.63. The summed E-state index contributed by atoms with van der Waals surface area (Å²) >= 11 is 9.03. The average molecular weight is 327 g/mol. The van der Waals surface area contributed by atoms with Crippen LogP contribution in [0.5, 0.6) is 0 Å². The van der Waals surface area contributed by atoms with E-state index in [-0.39, 0.29) is 6.03 Å². The molecular formula is C12H9BrClN3O. The number of benzene rings is 1. The third kappa shape index (κ3) is 3.72. The first-order valence-electron chi connectivity index (χ1n) is 5.07. The highest BCUT2D eigenvalue weighted by atomic mass is 79.9.